The number of nitrogens with one attached hydrogen (secondary N) is 1. The fourth-order valence-corrected chi connectivity index (χ4v) is 5.09. The van der Waals surface area contributed by atoms with E-state index < -0.39 is 100 Å². The molecule has 0 fully saturated rings. The number of thioether (sulfide) groups is 3. The van der Waals surface area contributed by atoms with Crippen molar-refractivity contribution in [3.05, 3.63) is 0 Å². The van der Waals surface area contributed by atoms with Crippen molar-refractivity contribution in [3.8, 4) is 24.3 Å². The monoisotopic (exact) mass is 1120 g/mol. The molecule has 0 saturated heterocycles. The first-order chi connectivity index (χ1) is 29.2. The average Bonchev–Trinajstić information content (AvgIpc) is 3.17. The first-order valence-corrected chi connectivity index (χ1v) is 26.1. The molecule has 0 aliphatic rings. The van der Waals surface area contributed by atoms with Crippen LogP contribution in [0.15, 0.2) is 0 Å². The van der Waals surface area contributed by atoms with Crippen molar-refractivity contribution in [2.75, 3.05) is 125 Å². The van der Waals surface area contributed by atoms with Gasteiger partial charge >= 0.3 is 36.3 Å². The molecule has 0 radical (unpaired) electrons. The molecule has 0 rings (SSSR count). The summed E-state index contributed by atoms with van der Waals surface area (Å²) in [6.45, 7) is -1.03. The summed E-state index contributed by atoms with van der Waals surface area (Å²) in [5.41, 5.74) is 10.2. The Hall–Kier alpha value is -3.21. The summed E-state index contributed by atoms with van der Waals surface area (Å²) in [6.07, 6.45) is -7.59. The lowest BCUT2D eigenvalue weighted by Crippen LogP contribution is -2.46. The molecule has 396 valence electrons. The Morgan fingerprint density at radius 2 is 0.970 bits per heavy atom. The summed E-state index contributed by atoms with van der Waals surface area (Å²) in [5, 5.41) is 34.9. The number of halogens is 10. The molecule has 0 aromatic rings. The van der Waals surface area contributed by atoms with E-state index in [1.54, 1.807) is 35.8 Å². The number of carbonyl (C=O) groups is 3. The van der Waals surface area contributed by atoms with Gasteiger partial charge in [0, 0.05) is 62.5 Å². The molecule has 0 aromatic heterocycles. The summed E-state index contributed by atoms with van der Waals surface area (Å²) < 4.78 is 151. The molecule has 0 atom stereocenters. The quantitative estimate of drug-likeness (QED) is 0.0533. The van der Waals surface area contributed by atoms with E-state index in [1.807, 2.05) is 18.6 Å². The Labute approximate surface area is 412 Å². The summed E-state index contributed by atoms with van der Waals surface area (Å²) in [4.78, 5) is 32.9. The molecule has 0 aliphatic carbocycles. The van der Waals surface area contributed by atoms with Crippen LogP contribution in [0, 0.1) is 45.3 Å². The van der Waals surface area contributed by atoms with Crippen molar-refractivity contribution in [2.45, 2.75) is 40.8 Å². The third-order valence-electron chi connectivity index (χ3n) is 5.56. The van der Waals surface area contributed by atoms with E-state index in [0.29, 0.717) is 17.2 Å². The summed E-state index contributed by atoms with van der Waals surface area (Å²) in [6, 6.07) is 6.60. The van der Waals surface area contributed by atoms with Gasteiger partial charge in [0.05, 0.1) is 53.9 Å². The molecule has 0 bridgehead atoms. The SMILES string of the molecule is C.C.C.CS(=O)(=O)CCN(CC#N)C(=O)C(F)(F)F.CS(=O)(=O)CCN(CC(N)=S)C(=O)C(F)(F)F.CSCCN.CSCCN(CC#N)C(=O)C(F)(F)F.CSCCNCC#N.N#CCCl. The number of thiocarbonyl (C=S) groups is 1. The maximum absolute atomic E-state index is 12.1. The van der Waals surface area contributed by atoms with Crippen LogP contribution in [0.4, 0.5) is 39.5 Å². The largest absolute Gasteiger partial charge is 0.471 e. The standard InChI is InChI=1S/C7H11F3N2O3S2.C7H9F3N2O3S.C7H9F3N2OS.C5H10N2S.C3H9NS.C2H2ClN.3CH4/c1-17(14,15)3-2-12(4-5(11)16)6(13)7(8,9)10;1-16(14,15)5-4-12(3-2-11)6(13)7(8,9)10;1-14-5-4-12(3-2-11)6(13)7(8,9)10;1-8-5-4-7-3-2-6;1-5-3-2-4;3-1-2-4;;;/h2-4H2,1H3,(H2,11,16);3-5H2,1H3;3-5H2,1H3;7H,3-5H2,1H3;2-4H2,1H3;1H2;3*1H4. The number of carbonyl (C=O) groups excluding carboxylic acids is 3. The minimum atomic E-state index is -5.10. The molecule has 0 spiro atoms. The van der Waals surface area contributed by atoms with Gasteiger partial charge in [-0.3, -0.25) is 14.4 Å². The lowest BCUT2D eigenvalue weighted by atomic mass is 10.4. The maximum Gasteiger partial charge on any atom is 0.471 e. The number of hydrogen-bond donors (Lipinski definition) is 3. The Morgan fingerprint density at radius 1 is 0.642 bits per heavy atom. The van der Waals surface area contributed by atoms with E-state index in [2.05, 4.69) is 17.5 Å². The molecule has 5 N–H and O–H groups in total. The molecular weight excluding hydrogens is 1060 g/mol. The molecule has 0 heterocycles. The van der Waals surface area contributed by atoms with Crippen molar-refractivity contribution in [1.82, 2.24) is 20.0 Å². The normalized spacial score (nSPS) is 10.1. The van der Waals surface area contributed by atoms with Crippen LogP contribution in [-0.4, -0.2) is 198 Å². The van der Waals surface area contributed by atoms with Gasteiger partial charge in [0.25, 0.3) is 0 Å². The zero-order valence-electron chi connectivity index (χ0n) is 35.0. The van der Waals surface area contributed by atoms with Gasteiger partial charge in [-0.15, -0.1) is 11.6 Å². The lowest BCUT2D eigenvalue weighted by molar-refractivity contribution is -0.184. The smallest absolute Gasteiger partial charge is 0.392 e. The van der Waals surface area contributed by atoms with E-state index in [1.165, 1.54) is 23.9 Å². The van der Waals surface area contributed by atoms with Gasteiger partial charge in [0.15, 0.2) is 0 Å². The molecule has 0 saturated carbocycles. The zero-order chi connectivity index (χ0) is 51.8. The molecule has 0 unspecified atom stereocenters. The van der Waals surface area contributed by atoms with Crippen molar-refractivity contribution in [3.63, 3.8) is 0 Å². The van der Waals surface area contributed by atoms with E-state index in [9.17, 15) is 70.7 Å². The lowest BCUT2D eigenvalue weighted by Gasteiger charge is -2.22. The second-order valence-electron chi connectivity index (χ2n) is 11.1. The summed E-state index contributed by atoms with van der Waals surface area (Å²) in [7, 11) is -6.97. The highest BCUT2D eigenvalue weighted by atomic mass is 35.5. The van der Waals surface area contributed by atoms with Crippen LogP contribution in [0.2, 0.25) is 0 Å². The predicted molar refractivity (Wildman–Crippen MR) is 255 cm³/mol. The van der Waals surface area contributed by atoms with Crippen molar-refractivity contribution >= 4 is 101 Å². The van der Waals surface area contributed by atoms with Crippen LogP contribution in [0.3, 0.4) is 0 Å². The van der Waals surface area contributed by atoms with Crippen LogP contribution in [0.1, 0.15) is 22.3 Å². The van der Waals surface area contributed by atoms with Crippen LogP contribution < -0.4 is 16.8 Å². The van der Waals surface area contributed by atoms with E-state index in [4.69, 9.17) is 44.1 Å². The van der Waals surface area contributed by atoms with Crippen LogP contribution >= 0.6 is 59.1 Å². The molecule has 67 heavy (non-hydrogen) atoms. The van der Waals surface area contributed by atoms with Gasteiger partial charge in [-0.1, -0.05) is 34.5 Å². The van der Waals surface area contributed by atoms with Crippen LogP contribution in [0.5, 0.6) is 0 Å². The highest BCUT2D eigenvalue weighted by Crippen LogP contribution is 2.20. The van der Waals surface area contributed by atoms with Gasteiger partial charge in [-0.05, 0) is 18.8 Å². The fraction of sp³-hybridized carbons (Fsp3) is 0.765. The van der Waals surface area contributed by atoms with Gasteiger partial charge in [0.1, 0.15) is 38.6 Å². The highest BCUT2D eigenvalue weighted by Gasteiger charge is 2.44. The summed E-state index contributed by atoms with van der Waals surface area (Å²) >= 11 is 14.1. The third-order valence-corrected chi connectivity index (χ3v) is 9.50. The zero-order valence-corrected chi connectivity index (χ0v) is 40.6. The molecule has 17 nitrogen and oxygen atoms in total. The number of rotatable bonds is 19. The average molecular weight is 1120 g/mol. The topological polar surface area (TPSA) is 288 Å². The summed E-state index contributed by atoms with van der Waals surface area (Å²) in [5.74, 6) is -4.88. The first kappa shape index (κ1) is 83.8. The number of nitrogens with two attached hydrogens (primary N) is 2. The molecule has 3 amide bonds. The predicted octanol–water partition coefficient (Wildman–Crippen LogP) is 4.35. The van der Waals surface area contributed by atoms with Crippen LogP contribution in [-0.2, 0) is 34.1 Å². The Kier molecular flexibility index (Phi) is 59.8. The molecule has 0 aliphatic heterocycles. The number of alkyl halides is 10. The van der Waals surface area contributed by atoms with Gasteiger partial charge in [-0.25, -0.2) is 16.8 Å². The fourth-order valence-electron chi connectivity index (χ4n) is 2.84. The second kappa shape index (κ2) is 47.8. The van der Waals surface area contributed by atoms with E-state index in [-0.39, 0.29) is 49.5 Å². The van der Waals surface area contributed by atoms with Crippen molar-refractivity contribution < 1.29 is 70.7 Å². The van der Waals surface area contributed by atoms with Crippen LogP contribution in [0.25, 0.3) is 0 Å². The minimum Gasteiger partial charge on any atom is -0.392 e. The third kappa shape index (κ3) is 62.8. The molecule has 0 aromatic carbocycles. The number of hydrogen-bond acceptors (Lipinski definition) is 17. The number of amides is 3. The Morgan fingerprint density at radius 3 is 1.21 bits per heavy atom. The number of nitriles is 4. The first-order valence-electron chi connectivity index (χ1n) is 16.8. The Balaban J connectivity index is -0.0000000903. The van der Waals surface area contributed by atoms with Gasteiger partial charge in [-0.2, -0.15) is 95.8 Å². The number of sulfone groups is 2. The maximum atomic E-state index is 12.1. The second-order valence-corrected chi connectivity index (χ2v) is 19.4. The van der Waals surface area contributed by atoms with Gasteiger partial charge < -0.3 is 31.5 Å². The van der Waals surface area contributed by atoms with E-state index in [0.717, 1.165) is 37.1 Å². The van der Waals surface area contributed by atoms with E-state index >= 15 is 0 Å². The van der Waals surface area contributed by atoms with Crippen molar-refractivity contribution in [1.29, 1.82) is 21.0 Å². The van der Waals surface area contributed by atoms with Crippen molar-refractivity contribution in [2.24, 2.45) is 11.5 Å². The molecular formula is C34H62ClF9N10O7S6. The highest BCUT2D eigenvalue weighted by molar-refractivity contribution is 7.99. The number of nitrogens with zero attached hydrogens (tertiary/aromatic N) is 7. The minimum absolute atomic E-state index is 0. The Bertz CT molecular complexity index is 1720. The molecule has 33 heteroatoms. The van der Waals surface area contributed by atoms with Gasteiger partial charge in [0.2, 0.25) is 0 Å².